The van der Waals surface area contributed by atoms with Crippen LogP contribution in [0.5, 0.6) is 0 Å². The predicted molar refractivity (Wildman–Crippen MR) is 81.1 cm³/mol. The Kier molecular flexibility index (Phi) is 3.73. The van der Waals surface area contributed by atoms with Crippen LogP contribution in [0.25, 0.3) is 0 Å². The molecule has 4 heterocycles. The number of ether oxygens (including phenoxy) is 1. The number of likely N-dealkylation sites (N-methyl/N-ethyl adjacent to an activating group) is 1. The Bertz CT molecular complexity index is 457. The lowest BCUT2D eigenvalue weighted by Crippen LogP contribution is -2.49. The van der Waals surface area contributed by atoms with Crippen molar-refractivity contribution in [3.8, 4) is 0 Å². The van der Waals surface area contributed by atoms with E-state index in [9.17, 15) is 0 Å². The van der Waals surface area contributed by atoms with Gasteiger partial charge in [0, 0.05) is 50.2 Å². The van der Waals surface area contributed by atoms with Crippen LogP contribution in [0.4, 0.5) is 0 Å². The molecule has 5 nitrogen and oxygen atoms in total. The van der Waals surface area contributed by atoms with E-state index in [0.29, 0.717) is 12.1 Å². The molecule has 0 saturated carbocycles. The van der Waals surface area contributed by atoms with Crippen molar-refractivity contribution < 1.29 is 4.74 Å². The second-order valence-electron chi connectivity index (χ2n) is 6.91. The van der Waals surface area contributed by atoms with Crippen LogP contribution in [0.1, 0.15) is 19.3 Å². The molecule has 5 heteroatoms. The van der Waals surface area contributed by atoms with Gasteiger partial charge >= 0.3 is 0 Å². The Labute approximate surface area is 126 Å². The van der Waals surface area contributed by atoms with Gasteiger partial charge in [-0.3, -0.25) is 14.5 Å². The largest absolute Gasteiger partial charge is 0.380 e. The molecule has 1 aromatic rings. The highest BCUT2D eigenvalue weighted by atomic mass is 16.5. The topological polar surface area (TPSA) is 33.5 Å². The van der Waals surface area contributed by atoms with Crippen molar-refractivity contribution in [3.63, 3.8) is 0 Å². The molecule has 0 radical (unpaired) electrons. The number of hydrogen-bond acceptors (Lipinski definition) is 4. The Balaban J connectivity index is 1.40. The molecule has 3 fully saturated rings. The lowest BCUT2D eigenvalue weighted by Gasteiger charge is -2.39. The molecule has 1 aromatic heterocycles. The highest BCUT2D eigenvalue weighted by molar-refractivity contribution is 4.98. The summed E-state index contributed by atoms with van der Waals surface area (Å²) in [4.78, 5) is 5.31. The third-order valence-electron chi connectivity index (χ3n) is 5.78. The molecule has 4 atom stereocenters. The molecular weight excluding hydrogens is 264 g/mol. The minimum atomic E-state index is 0.639. The zero-order valence-electron chi connectivity index (χ0n) is 12.9. The van der Waals surface area contributed by atoms with E-state index in [4.69, 9.17) is 4.74 Å². The van der Waals surface area contributed by atoms with Gasteiger partial charge in [-0.15, -0.1) is 0 Å². The Hall–Kier alpha value is -0.910. The molecule has 0 amide bonds. The summed E-state index contributed by atoms with van der Waals surface area (Å²) in [7, 11) is 2.31. The SMILES string of the molecule is CN1[C@@H](Cn2cccn2)C[C@H]2CN(C3CCOC3)CC[C@H]21. The van der Waals surface area contributed by atoms with E-state index in [2.05, 4.69) is 32.8 Å². The fourth-order valence-electron chi connectivity index (χ4n) is 4.57. The van der Waals surface area contributed by atoms with Crippen LogP contribution in [-0.4, -0.2) is 71.1 Å². The number of rotatable bonds is 3. The van der Waals surface area contributed by atoms with Crippen molar-refractivity contribution in [1.82, 2.24) is 19.6 Å². The van der Waals surface area contributed by atoms with Crippen LogP contribution >= 0.6 is 0 Å². The van der Waals surface area contributed by atoms with Gasteiger partial charge in [0.1, 0.15) is 0 Å². The minimum Gasteiger partial charge on any atom is -0.380 e. The summed E-state index contributed by atoms with van der Waals surface area (Å²) in [6.45, 7) is 5.44. The molecule has 1 unspecified atom stereocenters. The zero-order chi connectivity index (χ0) is 14.2. The van der Waals surface area contributed by atoms with Gasteiger partial charge in [0.25, 0.3) is 0 Å². The summed E-state index contributed by atoms with van der Waals surface area (Å²) in [6, 6.07) is 4.11. The summed E-state index contributed by atoms with van der Waals surface area (Å²) in [5.41, 5.74) is 0. The molecule has 4 rings (SSSR count). The summed E-state index contributed by atoms with van der Waals surface area (Å²) in [5.74, 6) is 0.824. The van der Waals surface area contributed by atoms with Crippen LogP contribution in [0, 0.1) is 5.92 Å². The van der Waals surface area contributed by atoms with Crippen molar-refractivity contribution in [2.45, 2.75) is 43.9 Å². The summed E-state index contributed by atoms with van der Waals surface area (Å²) in [6.07, 6.45) is 7.81. The van der Waals surface area contributed by atoms with Crippen LogP contribution in [0.15, 0.2) is 18.5 Å². The average molecular weight is 290 g/mol. The van der Waals surface area contributed by atoms with Gasteiger partial charge in [0.15, 0.2) is 0 Å². The Morgan fingerprint density at radius 3 is 3.05 bits per heavy atom. The van der Waals surface area contributed by atoms with Crippen LogP contribution in [-0.2, 0) is 11.3 Å². The molecule has 116 valence electrons. The predicted octanol–water partition coefficient (Wildman–Crippen LogP) is 1.07. The average Bonchev–Trinajstić information content (AvgIpc) is 3.22. The van der Waals surface area contributed by atoms with E-state index in [1.54, 1.807) is 0 Å². The van der Waals surface area contributed by atoms with Gasteiger partial charge in [0.05, 0.1) is 13.2 Å². The van der Waals surface area contributed by atoms with Gasteiger partial charge in [0.2, 0.25) is 0 Å². The van der Waals surface area contributed by atoms with Gasteiger partial charge in [-0.1, -0.05) is 0 Å². The van der Waals surface area contributed by atoms with E-state index >= 15 is 0 Å². The van der Waals surface area contributed by atoms with Crippen molar-refractivity contribution >= 4 is 0 Å². The first-order chi connectivity index (χ1) is 10.3. The third kappa shape index (κ3) is 2.62. The maximum absolute atomic E-state index is 5.57. The summed E-state index contributed by atoms with van der Waals surface area (Å²) >= 11 is 0. The van der Waals surface area contributed by atoms with Gasteiger partial charge in [-0.25, -0.2) is 0 Å². The summed E-state index contributed by atoms with van der Waals surface area (Å²) in [5, 5.41) is 4.37. The van der Waals surface area contributed by atoms with Crippen LogP contribution < -0.4 is 0 Å². The second kappa shape index (κ2) is 5.71. The minimum absolute atomic E-state index is 0.639. The monoisotopic (exact) mass is 290 g/mol. The maximum Gasteiger partial charge on any atom is 0.0622 e. The fourth-order valence-corrected chi connectivity index (χ4v) is 4.57. The van der Waals surface area contributed by atoms with E-state index in [0.717, 1.165) is 31.7 Å². The van der Waals surface area contributed by atoms with Crippen molar-refractivity contribution in [1.29, 1.82) is 0 Å². The molecule has 21 heavy (non-hydrogen) atoms. The Morgan fingerprint density at radius 2 is 2.29 bits per heavy atom. The van der Waals surface area contributed by atoms with Crippen molar-refractivity contribution in [2.24, 2.45) is 5.92 Å². The van der Waals surface area contributed by atoms with E-state index in [1.165, 1.54) is 32.4 Å². The van der Waals surface area contributed by atoms with Crippen molar-refractivity contribution in [3.05, 3.63) is 18.5 Å². The van der Waals surface area contributed by atoms with E-state index in [-0.39, 0.29) is 0 Å². The third-order valence-corrected chi connectivity index (χ3v) is 5.78. The molecule has 0 spiro atoms. The van der Waals surface area contributed by atoms with Crippen LogP contribution in [0.3, 0.4) is 0 Å². The van der Waals surface area contributed by atoms with E-state index in [1.807, 2.05) is 12.3 Å². The lowest BCUT2D eigenvalue weighted by atomic mass is 9.91. The summed E-state index contributed by atoms with van der Waals surface area (Å²) < 4.78 is 7.65. The molecule has 3 aliphatic heterocycles. The smallest absolute Gasteiger partial charge is 0.0622 e. The number of nitrogens with zero attached hydrogens (tertiary/aromatic N) is 4. The molecule has 0 aliphatic carbocycles. The number of likely N-dealkylation sites (tertiary alicyclic amines) is 2. The van der Waals surface area contributed by atoms with Crippen LogP contribution in [0.2, 0.25) is 0 Å². The maximum atomic E-state index is 5.57. The van der Waals surface area contributed by atoms with Gasteiger partial charge in [-0.05, 0) is 38.3 Å². The highest BCUT2D eigenvalue weighted by Crippen LogP contribution is 2.36. The highest BCUT2D eigenvalue weighted by Gasteiger charge is 2.43. The first kappa shape index (κ1) is 13.7. The van der Waals surface area contributed by atoms with Crippen molar-refractivity contribution in [2.75, 3.05) is 33.4 Å². The first-order valence-electron chi connectivity index (χ1n) is 8.32. The molecule has 0 aromatic carbocycles. The number of fused-ring (bicyclic) bond motifs is 1. The van der Waals surface area contributed by atoms with E-state index < -0.39 is 0 Å². The number of aromatic nitrogens is 2. The first-order valence-corrected chi connectivity index (χ1v) is 8.32. The Morgan fingerprint density at radius 1 is 1.33 bits per heavy atom. The van der Waals surface area contributed by atoms with Gasteiger partial charge in [-0.2, -0.15) is 5.10 Å². The number of hydrogen-bond donors (Lipinski definition) is 0. The lowest BCUT2D eigenvalue weighted by molar-refractivity contribution is 0.0741. The van der Waals surface area contributed by atoms with Gasteiger partial charge < -0.3 is 4.74 Å². The molecular formula is C16H26N4O. The quantitative estimate of drug-likeness (QED) is 0.834. The molecule has 0 bridgehead atoms. The number of piperidine rings is 1. The zero-order valence-corrected chi connectivity index (χ0v) is 12.9. The molecule has 0 N–H and O–H groups in total. The normalized spacial score (nSPS) is 38.0. The fraction of sp³-hybridized carbons (Fsp3) is 0.812. The second-order valence-corrected chi connectivity index (χ2v) is 6.91. The standard InChI is InChI=1S/C16H26N4O/c1-18-15(11-20-6-2-5-17-20)9-13-10-19(7-3-16(13)18)14-4-8-21-12-14/h2,5-6,13-16H,3-4,7-12H2,1H3/t13-,14?,15+,16+/m0/s1. The molecule has 3 aliphatic rings. The molecule has 3 saturated heterocycles.